The predicted octanol–water partition coefficient (Wildman–Crippen LogP) is 3.06. The molecule has 0 spiro atoms. The maximum atomic E-state index is 13.0. The summed E-state index contributed by atoms with van der Waals surface area (Å²) in [5, 5.41) is 13.4. The van der Waals surface area contributed by atoms with E-state index in [0.717, 1.165) is 6.07 Å². The van der Waals surface area contributed by atoms with Crippen molar-refractivity contribution in [2.75, 3.05) is 0 Å². The van der Waals surface area contributed by atoms with Gasteiger partial charge < -0.3 is 5.11 Å². The summed E-state index contributed by atoms with van der Waals surface area (Å²) in [6, 6.07) is 3.78. The van der Waals surface area contributed by atoms with E-state index in [-0.39, 0.29) is 16.3 Å². The molecule has 94 valence electrons. The van der Waals surface area contributed by atoms with Gasteiger partial charge in [0.1, 0.15) is 17.1 Å². The van der Waals surface area contributed by atoms with Crippen molar-refractivity contribution in [2.45, 2.75) is 13.5 Å². The van der Waals surface area contributed by atoms with Gasteiger partial charge in [0.05, 0.1) is 5.02 Å². The number of nitrogens with zero attached hydrogens (tertiary/aromatic N) is 2. The smallest absolute Gasteiger partial charge is 0.339 e. The molecule has 0 aliphatic rings. The highest BCUT2D eigenvalue weighted by atomic mass is 35.5. The average Bonchev–Trinajstić information content (AvgIpc) is 2.73. The molecular weight excluding hydrogens is 259 g/mol. The molecular formula is C12H10ClFN2O2. The Kier molecular flexibility index (Phi) is 3.34. The lowest BCUT2D eigenvalue weighted by Crippen LogP contribution is -1.97. The largest absolute Gasteiger partial charge is 0.478 e. The number of carbonyl (C=O) groups is 1. The van der Waals surface area contributed by atoms with Crippen molar-refractivity contribution in [3.05, 3.63) is 40.8 Å². The monoisotopic (exact) mass is 268 g/mol. The lowest BCUT2D eigenvalue weighted by atomic mass is 10.1. The van der Waals surface area contributed by atoms with Crippen LogP contribution in [-0.2, 0) is 6.54 Å². The number of hydrogen-bond donors (Lipinski definition) is 1. The Morgan fingerprint density at radius 3 is 2.83 bits per heavy atom. The molecule has 0 aliphatic carbocycles. The fourth-order valence-corrected chi connectivity index (χ4v) is 1.88. The third-order valence-electron chi connectivity index (χ3n) is 2.50. The van der Waals surface area contributed by atoms with Gasteiger partial charge in [-0.05, 0) is 25.1 Å². The summed E-state index contributed by atoms with van der Waals surface area (Å²) in [6.45, 7) is 2.38. The van der Waals surface area contributed by atoms with Crippen LogP contribution in [0.15, 0.2) is 24.4 Å². The standard InChI is InChI=1S/C12H10ClFN2O2/c1-2-16-6-9(12(17)18)11(15-16)8-4-3-7(14)5-10(8)13/h3-6H,2H2,1H3,(H,17,18). The van der Waals surface area contributed by atoms with E-state index in [1.165, 1.54) is 23.0 Å². The van der Waals surface area contributed by atoms with Gasteiger partial charge in [0.25, 0.3) is 0 Å². The van der Waals surface area contributed by atoms with Crippen LogP contribution in [0, 0.1) is 5.82 Å². The lowest BCUT2D eigenvalue weighted by molar-refractivity contribution is 0.0697. The first-order chi connectivity index (χ1) is 8.52. The molecule has 0 aliphatic heterocycles. The Morgan fingerprint density at radius 1 is 1.56 bits per heavy atom. The third kappa shape index (κ3) is 2.22. The average molecular weight is 269 g/mol. The number of halogens is 2. The predicted molar refractivity (Wildman–Crippen MR) is 65.3 cm³/mol. The van der Waals surface area contributed by atoms with Crippen molar-refractivity contribution in [3.8, 4) is 11.3 Å². The van der Waals surface area contributed by atoms with E-state index in [9.17, 15) is 9.18 Å². The molecule has 1 heterocycles. The van der Waals surface area contributed by atoms with Crippen LogP contribution >= 0.6 is 11.6 Å². The topological polar surface area (TPSA) is 55.1 Å². The second kappa shape index (κ2) is 4.78. The summed E-state index contributed by atoms with van der Waals surface area (Å²) >= 11 is 5.91. The van der Waals surface area contributed by atoms with E-state index in [1.54, 1.807) is 0 Å². The Hall–Kier alpha value is -1.88. The summed E-state index contributed by atoms with van der Waals surface area (Å²) in [7, 11) is 0. The van der Waals surface area contributed by atoms with E-state index < -0.39 is 11.8 Å². The number of hydrogen-bond acceptors (Lipinski definition) is 2. The van der Waals surface area contributed by atoms with E-state index in [2.05, 4.69) is 5.10 Å². The molecule has 18 heavy (non-hydrogen) atoms. The van der Waals surface area contributed by atoms with Gasteiger partial charge in [-0.25, -0.2) is 9.18 Å². The Morgan fingerprint density at radius 2 is 2.28 bits per heavy atom. The first kappa shape index (κ1) is 12.6. The van der Waals surface area contributed by atoms with Gasteiger partial charge in [-0.2, -0.15) is 5.10 Å². The molecule has 0 bridgehead atoms. The van der Waals surface area contributed by atoms with Crippen LogP contribution < -0.4 is 0 Å². The second-order valence-corrected chi connectivity index (χ2v) is 4.08. The zero-order valence-electron chi connectivity index (χ0n) is 9.52. The first-order valence-corrected chi connectivity index (χ1v) is 5.67. The van der Waals surface area contributed by atoms with Gasteiger partial charge in [0, 0.05) is 18.3 Å². The zero-order chi connectivity index (χ0) is 13.3. The molecule has 0 fully saturated rings. The van der Waals surface area contributed by atoms with Crippen LogP contribution in [-0.4, -0.2) is 20.9 Å². The highest BCUT2D eigenvalue weighted by molar-refractivity contribution is 6.33. The maximum absolute atomic E-state index is 13.0. The molecule has 0 saturated heterocycles. The van der Waals surface area contributed by atoms with E-state index in [0.29, 0.717) is 12.1 Å². The molecule has 6 heteroatoms. The molecule has 0 saturated carbocycles. The summed E-state index contributed by atoms with van der Waals surface area (Å²) < 4.78 is 14.5. The number of rotatable bonds is 3. The molecule has 0 unspecified atom stereocenters. The molecule has 1 N–H and O–H groups in total. The Balaban J connectivity index is 2.62. The molecule has 4 nitrogen and oxygen atoms in total. The number of carboxylic acids is 1. The number of aromatic nitrogens is 2. The summed E-state index contributed by atoms with van der Waals surface area (Å²) in [5.41, 5.74) is 0.697. The van der Waals surface area contributed by atoms with Crippen molar-refractivity contribution in [1.29, 1.82) is 0 Å². The Labute approximate surface area is 108 Å². The number of benzene rings is 1. The summed E-state index contributed by atoms with van der Waals surface area (Å²) in [5.74, 6) is -1.57. The number of aromatic carboxylic acids is 1. The second-order valence-electron chi connectivity index (χ2n) is 3.68. The van der Waals surface area contributed by atoms with Crippen molar-refractivity contribution >= 4 is 17.6 Å². The molecule has 0 atom stereocenters. The normalized spacial score (nSPS) is 10.6. The van der Waals surface area contributed by atoms with Gasteiger partial charge in [0.2, 0.25) is 0 Å². The van der Waals surface area contributed by atoms with Gasteiger partial charge in [-0.15, -0.1) is 0 Å². The van der Waals surface area contributed by atoms with Crippen LogP contribution in [0.25, 0.3) is 11.3 Å². The van der Waals surface area contributed by atoms with Crippen LogP contribution in [0.1, 0.15) is 17.3 Å². The van der Waals surface area contributed by atoms with Crippen LogP contribution in [0.2, 0.25) is 5.02 Å². The zero-order valence-corrected chi connectivity index (χ0v) is 10.3. The van der Waals surface area contributed by atoms with E-state index >= 15 is 0 Å². The van der Waals surface area contributed by atoms with Gasteiger partial charge >= 0.3 is 5.97 Å². The number of aryl methyl sites for hydroxylation is 1. The van der Waals surface area contributed by atoms with Crippen molar-refractivity contribution in [3.63, 3.8) is 0 Å². The summed E-state index contributed by atoms with van der Waals surface area (Å²) in [4.78, 5) is 11.1. The van der Waals surface area contributed by atoms with Gasteiger partial charge in [-0.3, -0.25) is 4.68 Å². The molecule has 1 aromatic carbocycles. The minimum atomic E-state index is -1.09. The molecule has 2 rings (SSSR count). The fourth-order valence-electron chi connectivity index (χ4n) is 1.62. The highest BCUT2D eigenvalue weighted by Gasteiger charge is 2.18. The van der Waals surface area contributed by atoms with E-state index in [1.807, 2.05) is 6.92 Å². The van der Waals surface area contributed by atoms with Crippen LogP contribution in [0.5, 0.6) is 0 Å². The minimum Gasteiger partial charge on any atom is -0.478 e. The highest BCUT2D eigenvalue weighted by Crippen LogP contribution is 2.29. The lowest BCUT2D eigenvalue weighted by Gasteiger charge is -2.02. The van der Waals surface area contributed by atoms with Crippen molar-refractivity contribution < 1.29 is 14.3 Å². The molecule has 2 aromatic rings. The maximum Gasteiger partial charge on any atom is 0.339 e. The van der Waals surface area contributed by atoms with Crippen LogP contribution in [0.4, 0.5) is 4.39 Å². The molecule has 0 radical (unpaired) electrons. The number of carboxylic acid groups (broad SMARTS) is 1. The van der Waals surface area contributed by atoms with Gasteiger partial charge in [-0.1, -0.05) is 11.6 Å². The quantitative estimate of drug-likeness (QED) is 0.931. The van der Waals surface area contributed by atoms with Gasteiger partial charge in [0.15, 0.2) is 0 Å². The summed E-state index contributed by atoms with van der Waals surface area (Å²) in [6.07, 6.45) is 1.43. The SMILES string of the molecule is CCn1cc(C(=O)O)c(-c2ccc(F)cc2Cl)n1. The minimum absolute atomic E-state index is 0.0466. The Bertz CT molecular complexity index is 610. The van der Waals surface area contributed by atoms with E-state index in [4.69, 9.17) is 16.7 Å². The molecule has 1 aromatic heterocycles. The first-order valence-electron chi connectivity index (χ1n) is 5.29. The molecule has 0 amide bonds. The van der Waals surface area contributed by atoms with Crippen molar-refractivity contribution in [1.82, 2.24) is 9.78 Å². The fraction of sp³-hybridized carbons (Fsp3) is 0.167. The third-order valence-corrected chi connectivity index (χ3v) is 2.82. The van der Waals surface area contributed by atoms with Crippen molar-refractivity contribution in [2.24, 2.45) is 0 Å². The van der Waals surface area contributed by atoms with Crippen LogP contribution in [0.3, 0.4) is 0 Å².